The van der Waals surface area contributed by atoms with Crippen LogP contribution in [-0.2, 0) is 16.4 Å². The van der Waals surface area contributed by atoms with Crippen LogP contribution in [-0.4, -0.2) is 36.6 Å². The third-order valence-electron chi connectivity index (χ3n) is 4.27. The molecule has 1 fully saturated rings. The topological polar surface area (TPSA) is 101 Å². The van der Waals surface area contributed by atoms with Crippen LogP contribution in [0.15, 0.2) is 48.0 Å². The average Bonchev–Trinajstić information content (AvgIpc) is 3.50. The van der Waals surface area contributed by atoms with E-state index in [9.17, 15) is 13.2 Å². The lowest BCUT2D eigenvalue weighted by Gasteiger charge is -2.14. The highest BCUT2D eigenvalue weighted by Crippen LogP contribution is 2.38. The highest BCUT2D eigenvalue weighted by molar-refractivity contribution is 7.93. The van der Waals surface area contributed by atoms with Crippen molar-refractivity contribution in [3.8, 4) is 0 Å². The molecule has 0 spiro atoms. The molecule has 0 unspecified atom stereocenters. The fourth-order valence-corrected chi connectivity index (χ4v) is 3.13. The minimum absolute atomic E-state index is 0.333. The summed E-state index contributed by atoms with van der Waals surface area (Å²) in [5.41, 5.74) is 1.41. The number of anilines is 1. The number of nitrogens with zero attached hydrogens (tertiary/aromatic N) is 2. The van der Waals surface area contributed by atoms with Gasteiger partial charge in [0, 0.05) is 36.4 Å². The second kappa shape index (κ2) is 8.52. The van der Waals surface area contributed by atoms with Crippen LogP contribution in [0.4, 0.5) is 5.82 Å². The molecule has 1 aromatic carbocycles. The van der Waals surface area contributed by atoms with Crippen LogP contribution in [0, 0.1) is 0 Å². The number of benzene rings is 1. The molecule has 8 heteroatoms. The zero-order valence-electron chi connectivity index (χ0n) is 15.9. The Morgan fingerprint density at radius 1 is 1.29 bits per heavy atom. The maximum atomic E-state index is 12.7. The van der Waals surface area contributed by atoms with Gasteiger partial charge in [-0.2, -0.15) is 0 Å². The molecular formula is C20H24N4O3S. The number of hydrogen-bond acceptors (Lipinski definition) is 6. The Morgan fingerprint density at radius 2 is 2.00 bits per heavy atom. The van der Waals surface area contributed by atoms with Gasteiger partial charge >= 0.3 is 0 Å². The Kier molecular flexibility index (Phi) is 6.08. The van der Waals surface area contributed by atoms with E-state index in [0.29, 0.717) is 23.8 Å². The maximum Gasteiger partial charge on any atom is 0.257 e. The molecule has 0 bridgehead atoms. The van der Waals surface area contributed by atoms with Crippen LogP contribution in [0.5, 0.6) is 0 Å². The number of amides is 1. The molecule has 0 radical (unpaired) electrons. The number of nitrogens with one attached hydrogen (secondary N) is 2. The number of carbonyl (C=O) groups excluding carboxylic acids is 1. The lowest BCUT2D eigenvalue weighted by atomic mass is 10.2. The van der Waals surface area contributed by atoms with Crippen molar-refractivity contribution in [3.05, 3.63) is 65.0 Å². The van der Waals surface area contributed by atoms with Crippen LogP contribution < -0.4 is 10.6 Å². The Labute approximate surface area is 165 Å². The molecule has 28 heavy (non-hydrogen) atoms. The predicted octanol–water partition coefficient (Wildman–Crippen LogP) is 2.64. The second-order valence-electron chi connectivity index (χ2n) is 7.02. The summed E-state index contributed by atoms with van der Waals surface area (Å²) in [4.78, 5) is 21.6. The standard InChI is InChI=1S/C20H24N4O3S/c1-14(10-11-28(2,26)27)23-20(25)17-13-22-18(16-8-9-16)24-19(17)21-12-15-6-4-3-5-7-15/h3-7,10-11,13-14,16H,8-9,12H2,1-2H3,(H,23,25)(H,21,22,24)/b11-10+/t14-/m0/s1. The fraction of sp³-hybridized carbons (Fsp3) is 0.350. The van der Waals surface area contributed by atoms with Crippen molar-refractivity contribution in [2.75, 3.05) is 11.6 Å². The second-order valence-corrected chi connectivity index (χ2v) is 8.96. The molecule has 0 saturated heterocycles. The van der Waals surface area contributed by atoms with Gasteiger partial charge in [0.1, 0.15) is 17.2 Å². The van der Waals surface area contributed by atoms with Gasteiger partial charge in [0.15, 0.2) is 9.84 Å². The van der Waals surface area contributed by atoms with Gasteiger partial charge in [0.2, 0.25) is 0 Å². The molecule has 2 aromatic rings. The summed E-state index contributed by atoms with van der Waals surface area (Å²) < 4.78 is 22.5. The number of rotatable bonds is 8. The number of sulfone groups is 1. The molecule has 0 aliphatic heterocycles. The highest BCUT2D eigenvalue weighted by atomic mass is 32.2. The summed E-state index contributed by atoms with van der Waals surface area (Å²) in [5, 5.41) is 7.08. The molecule has 1 amide bonds. The quantitative estimate of drug-likeness (QED) is 0.706. The van der Waals surface area contributed by atoms with E-state index in [0.717, 1.165) is 35.9 Å². The molecule has 1 heterocycles. The van der Waals surface area contributed by atoms with Crippen molar-refractivity contribution in [1.82, 2.24) is 15.3 Å². The number of hydrogen-bond donors (Lipinski definition) is 2. The van der Waals surface area contributed by atoms with Crippen molar-refractivity contribution in [3.63, 3.8) is 0 Å². The Hall–Kier alpha value is -2.74. The van der Waals surface area contributed by atoms with Crippen LogP contribution >= 0.6 is 0 Å². The average molecular weight is 401 g/mol. The highest BCUT2D eigenvalue weighted by Gasteiger charge is 2.28. The molecule has 1 aromatic heterocycles. The van der Waals surface area contributed by atoms with Crippen molar-refractivity contribution >= 4 is 21.6 Å². The lowest BCUT2D eigenvalue weighted by Crippen LogP contribution is -2.32. The van der Waals surface area contributed by atoms with E-state index in [4.69, 9.17) is 0 Å². The monoisotopic (exact) mass is 400 g/mol. The Balaban J connectivity index is 1.76. The van der Waals surface area contributed by atoms with Crippen LogP contribution in [0.1, 0.15) is 47.4 Å². The summed E-state index contributed by atoms with van der Waals surface area (Å²) in [7, 11) is -3.24. The third-order valence-corrected chi connectivity index (χ3v) is 4.92. The number of carbonyl (C=O) groups is 1. The van der Waals surface area contributed by atoms with E-state index in [1.54, 1.807) is 6.92 Å². The Morgan fingerprint density at radius 3 is 2.64 bits per heavy atom. The first-order valence-electron chi connectivity index (χ1n) is 9.15. The van der Waals surface area contributed by atoms with E-state index >= 15 is 0 Å². The molecule has 2 N–H and O–H groups in total. The van der Waals surface area contributed by atoms with Gasteiger partial charge in [-0.25, -0.2) is 18.4 Å². The first-order chi connectivity index (χ1) is 13.3. The van der Waals surface area contributed by atoms with Gasteiger partial charge in [0.05, 0.1) is 0 Å². The van der Waals surface area contributed by atoms with Crippen molar-refractivity contribution in [2.24, 2.45) is 0 Å². The molecule has 1 aliphatic rings. The fourth-order valence-electron chi connectivity index (χ4n) is 2.61. The molecule has 1 saturated carbocycles. The molecule has 3 rings (SSSR count). The van der Waals surface area contributed by atoms with Gasteiger partial charge in [-0.3, -0.25) is 4.79 Å². The molecule has 148 valence electrons. The minimum Gasteiger partial charge on any atom is -0.365 e. The zero-order valence-corrected chi connectivity index (χ0v) is 16.7. The lowest BCUT2D eigenvalue weighted by molar-refractivity contribution is 0.0947. The minimum atomic E-state index is -3.24. The van der Waals surface area contributed by atoms with E-state index < -0.39 is 15.9 Å². The van der Waals surface area contributed by atoms with Gasteiger partial charge in [0.25, 0.3) is 5.91 Å². The van der Waals surface area contributed by atoms with E-state index in [2.05, 4.69) is 20.6 Å². The van der Waals surface area contributed by atoms with Crippen molar-refractivity contribution < 1.29 is 13.2 Å². The van der Waals surface area contributed by atoms with Gasteiger partial charge < -0.3 is 10.6 Å². The molecule has 1 aliphatic carbocycles. The van der Waals surface area contributed by atoms with Gasteiger partial charge in [-0.05, 0) is 25.3 Å². The van der Waals surface area contributed by atoms with Crippen LogP contribution in [0.3, 0.4) is 0 Å². The SMILES string of the molecule is C[C@@H](/C=C/S(C)(=O)=O)NC(=O)c1cnc(C2CC2)nc1NCc1ccccc1. The Bertz CT molecular complexity index is 970. The van der Waals surface area contributed by atoms with E-state index in [1.165, 1.54) is 12.3 Å². The predicted molar refractivity (Wildman–Crippen MR) is 109 cm³/mol. The summed E-state index contributed by atoms with van der Waals surface area (Å²) >= 11 is 0. The molecule has 1 atom stereocenters. The van der Waals surface area contributed by atoms with Crippen LogP contribution in [0.25, 0.3) is 0 Å². The molecular weight excluding hydrogens is 376 g/mol. The van der Waals surface area contributed by atoms with Gasteiger partial charge in [-0.1, -0.05) is 36.4 Å². The first-order valence-corrected chi connectivity index (χ1v) is 11.1. The van der Waals surface area contributed by atoms with E-state index in [-0.39, 0.29) is 5.91 Å². The largest absolute Gasteiger partial charge is 0.365 e. The normalized spacial score (nSPS) is 15.4. The summed E-state index contributed by atoms with van der Waals surface area (Å²) in [6, 6.07) is 9.39. The van der Waals surface area contributed by atoms with Gasteiger partial charge in [-0.15, -0.1) is 0 Å². The first kappa shape index (κ1) is 20.0. The summed E-state index contributed by atoms with van der Waals surface area (Å²) in [6.07, 6.45) is 6.21. The zero-order chi connectivity index (χ0) is 20.1. The summed E-state index contributed by atoms with van der Waals surface area (Å²) in [5.74, 6) is 1.24. The molecule has 7 nitrogen and oxygen atoms in total. The smallest absolute Gasteiger partial charge is 0.257 e. The van der Waals surface area contributed by atoms with Crippen LogP contribution in [0.2, 0.25) is 0 Å². The number of aromatic nitrogens is 2. The maximum absolute atomic E-state index is 12.7. The third kappa shape index (κ3) is 5.88. The van der Waals surface area contributed by atoms with Crippen molar-refractivity contribution in [1.29, 1.82) is 0 Å². The van der Waals surface area contributed by atoms with Crippen molar-refractivity contribution in [2.45, 2.75) is 38.3 Å². The van der Waals surface area contributed by atoms with E-state index in [1.807, 2.05) is 30.3 Å². The summed E-state index contributed by atoms with van der Waals surface area (Å²) in [6.45, 7) is 2.24.